The molecule has 0 heterocycles. The van der Waals surface area contributed by atoms with Gasteiger partial charge in [-0.05, 0) is 6.08 Å². The zero-order valence-corrected chi connectivity index (χ0v) is 6.73. The van der Waals surface area contributed by atoms with Crippen molar-refractivity contribution in [3.8, 4) is 0 Å². The zero-order valence-electron chi connectivity index (χ0n) is 6.73. The number of rotatable bonds is 1. The highest BCUT2D eigenvalue weighted by atomic mass is 16.5. The second-order valence-electron chi connectivity index (χ2n) is 2.59. The second-order valence-corrected chi connectivity index (χ2v) is 2.59. The molecule has 0 aromatic heterocycles. The highest BCUT2D eigenvalue weighted by Gasteiger charge is 2.40. The van der Waals surface area contributed by atoms with Crippen LogP contribution in [0.5, 0.6) is 0 Å². The fourth-order valence-electron chi connectivity index (χ4n) is 1.01. The Morgan fingerprint density at radius 1 is 1.67 bits per heavy atom. The molecule has 3 N–H and O–H groups in total. The third kappa shape index (κ3) is 1.26. The minimum atomic E-state index is -1.70. The number of esters is 1. The number of ether oxygens (including phenoxy) is 1. The van der Waals surface area contributed by atoms with E-state index in [9.17, 15) is 9.90 Å². The van der Waals surface area contributed by atoms with E-state index in [-0.39, 0.29) is 0 Å². The first kappa shape index (κ1) is 8.96. The summed E-state index contributed by atoms with van der Waals surface area (Å²) < 4.78 is 4.41. The van der Waals surface area contributed by atoms with Gasteiger partial charge >= 0.3 is 5.97 Å². The Hall–Kier alpha value is -1.13. The minimum Gasteiger partial charge on any atom is -0.467 e. The maximum Gasteiger partial charge on any atom is 0.343 e. The normalized spacial score (nSPS) is 33.4. The summed E-state index contributed by atoms with van der Waals surface area (Å²) in [5.74, 6) is -0.740. The van der Waals surface area contributed by atoms with Gasteiger partial charge in [-0.1, -0.05) is 18.2 Å². The number of allylic oxidation sites excluding steroid dienone is 2. The summed E-state index contributed by atoms with van der Waals surface area (Å²) in [4.78, 5) is 11.1. The van der Waals surface area contributed by atoms with Crippen molar-refractivity contribution in [2.75, 3.05) is 7.11 Å². The lowest BCUT2D eigenvalue weighted by atomic mass is 9.91. The van der Waals surface area contributed by atoms with Crippen LogP contribution in [0.15, 0.2) is 24.3 Å². The fraction of sp³-hybridized carbons (Fsp3) is 0.375. The van der Waals surface area contributed by atoms with Crippen LogP contribution in [0.4, 0.5) is 0 Å². The number of carbonyl (C=O) groups is 1. The Kier molecular flexibility index (Phi) is 2.30. The maximum absolute atomic E-state index is 11.1. The Balaban J connectivity index is 2.90. The number of aliphatic hydroxyl groups is 1. The van der Waals surface area contributed by atoms with Crippen molar-refractivity contribution in [1.29, 1.82) is 0 Å². The lowest BCUT2D eigenvalue weighted by molar-refractivity contribution is -0.158. The monoisotopic (exact) mass is 169 g/mol. The Morgan fingerprint density at radius 3 is 2.83 bits per heavy atom. The molecule has 1 rings (SSSR count). The van der Waals surface area contributed by atoms with Crippen molar-refractivity contribution in [3.63, 3.8) is 0 Å². The summed E-state index contributed by atoms with van der Waals surface area (Å²) in [6.07, 6.45) is 6.09. The van der Waals surface area contributed by atoms with E-state index in [0.717, 1.165) is 0 Å². The first-order chi connectivity index (χ1) is 5.61. The van der Waals surface area contributed by atoms with Crippen LogP contribution in [0.25, 0.3) is 0 Å². The molecule has 0 fully saturated rings. The smallest absolute Gasteiger partial charge is 0.343 e. The molecule has 0 aromatic rings. The van der Waals surface area contributed by atoms with Crippen LogP contribution in [0.2, 0.25) is 0 Å². The maximum atomic E-state index is 11.1. The summed E-state index contributed by atoms with van der Waals surface area (Å²) in [7, 11) is 1.21. The molecule has 0 aliphatic heterocycles. The first-order valence-corrected chi connectivity index (χ1v) is 3.53. The van der Waals surface area contributed by atoms with Crippen LogP contribution in [0.3, 0.4) is 0 Å². The molecule has 0 saturated heterocycles. The summed E-state index contributed by atoms with van der Waals surface area (Å²) in [6, 6.07) is -0.741. The Morgan fingerprint density at radius 2 is 2.33 bits per heavy atom. The number of nitrogens with two attached hydrogens (primary N) is 1. The standard InChI is InChI=1S/C8H11NO3/c1-12-7(10)8(11)5-3-2-4-6(8)9/h2-6,11H,9H2,1H3. The lowest BCUT2D eigenvalue weighted by Gasteiger charge is -2.27. The van der Waals surface area contributed by atoms with Gasteiger partial charge in [0.25, 0.3) is 0 Å². The Bertz CT molecular complexity index is 247. The summed E-state index contributed by atoms with van der Waals surface area (Å²) in [5, 5.41) is 9.67. The molecule has 0 saturated carbocycles. The molecule has 12 heavy (non-hydrogen) atoms. The van der Waals surface area contributed by atoms with Gasteiger partial charge in [-0.25, -0.2) is 4.79 Å². The van der Waals surface area contributed by atoms with Crippen molar-refractivity contribution in [1.82, 2.24) is 0 Å². The Labute approximate surface area is 70.3 Å². The van der Waals surface area contributed by atoms with Crippen molar-refractivity contribution in [2.45, 2.75) is 11.6 Å². The van der Waals surface area contributed by atoms with Gasteiger partial charge in [0.1, 0.15) is 0 Å². The molecule has 4 nitrogen and oxygen atoms in total. The zero-order chi connectivity index (χ0) is 9.19. The van der Waals surface area contributed by atoms with Gasteiger partial charge in [0.2, 0.25) is 0 Å². The summed E-state index contributed by atoms with van der Waals surface area (Å²) in [5.41, 5.74) is 3.80. The van der Waals surface area contributed by atoms with E-state index < -0.39 is 17.6 Å². The van der Waals surface area contributed by atoms with Crippen molar-refractivity contribution < 1.29 is 14.6 Å². The summed E-state index contributed by atoms with van der Waals surface area (Å²) >= 11 is 0. The predicted octanol–water partition coefficient (Wildman–Crippen LogP) is -0.656. The van der Waals surface area contributed by atoms with Crippen LogP contribution >= 0.6 is 0 Å². The number of carbonyl (C=O) groups excluding carboxylic acids is 1. The molecule has 2 unspecified atom stereocenters. The van der Waals surface area contributed by atoms with E-state index in [1.54, 1.807) is 12.2 Å². The van der Waals surface area contributed by atoms with Gasteiger partial charge in [-0.2, -0.15) is 0 Å². The van der Waals surface area contributed by atoms with Crippen molar-refractivity contribution in [3.05, 3.63) is 24.3 Å². The number of hydrogen-bond donors (Lipinski definition) is 2. The molecule has 0 amide bonds. The SMILES string of the molecule is COC(=O)C1(O)C=CC=CC1N. The topological polar surface area (TPSA) is 72.5 Å². The largest absolute Gasteiger partial charge is 0.467 e. The van der Waals surface area contributed by atoms with Crippen molar-refractivity contribution in [2.24, 2.45) is 5.73 Å². The van der Waals surface area contributed by atoms with E-state index in [2.05, 4.69) is 4.74 Å². The molecule has 0 bridgehead atoms. The van der Waals surface area contributed by atoms with E-state index in [1.165, 1.54) is 19.3 Å². The van der Waals surface area contributed by atoms with Gasteiger partial charge in [0, 0.05) is 0 Å². The fourth-order valence-corrected chi connectivity index (χ4v) is 1.01. The highest BCUT2D eigenvalue weighted by Crippen LogP contribution is 2.17. The van der Waals surface area contributed by atoms with Crippen LogP contribution in [0.1, 0.15) is 0 Å². The molecule has 0 spiro atoms. The molecular formula is C8H11NO3. The molecule has 0 radical (unpaired) electrons. The molecule has 1 aliphatic rings. The van der Waals surface area contributed by atoms with Crippen LogP contribution in [-0.2, 0) is 9.53 Å². The van der Waals surface area contributed by atoms with Gasteiger partial charge in [-0.15, -0.1) is 0 Å². The molecule has 0 aromatic carbocycles. The highest BCUT2D eigenvalue weighted by molar-refractivity contribution is 5.83. The number of hydrogen-bond acceptors (Lipinski definition) is 4. The predicted molar refractivity (Wildman–Crippen MR) is 43.2 cm³/mol. The van der Waals surface area contributed by atoms with E-state index >= 15 is 0 Å². The lowest BCUT2D eigenvalue weighted by Crippen LogP contribution is -2.52. The van der Waals surface area contributed by atoms with Gasteiger partial charge in [0.15, 0.2) is 5.60 Å². The average Bonchev–Trinajstić information content (AvgIpc) is 2.09. The van der Waals surface area contributed by atoms with Crippen LogP contribution in [-0.4, -0.2) is 29.8 Å². The van der Waals surface area contributed by atoms with Crippen molar-refractivity contribution >= 4 is 5.97 Å². The van der Waals surface area contributed by atoms with Gasteiger partial charge in [-0.3, -0.25) is 0 Å². The van der Waals surface area contributed by atoms with E-state index in [4.69, 9.17) is 5.73 Å². The molecule has 66 valence electrons. The minimum absolute atomic E-state index is 0.740. The molecule has 4 heteroatoms. The first-order valence-electron chi connectivity index (χ1n) is 3.53. The molecule has 2 atom stereocenters. The molecular weight excluding hydrogens is 158 g/mol. The third-order valence-electron chi connectivity index (χ3n) is 1.80. The van der Waals surface area contributed by atoms with Gasteiger partial charge < -0.3 is 15.6 Å². The second kappa shape index (κ2) is 3.08. The molecule has 1 aliphatic carbocycles. The number of methoxy groups -OCH3 is 1. The quantitative estimate of drug-likeness (QED) is 0.511. The van der Waals surface area contributed by atoms with E-state index in [1.807, 2.05) is 0 Å². The average molecular weight is 169 g/mol. The third-order valence-corrected chi connectivity index (χ3v) is 1.80. The van der Waals surface area contributed by atoms with E-state index in [0.29, 0.717) is 0 Å². The van der Waals surface area contributed by atoms with Gasteiger partial charge in [0.05, 0.1) is 13.2 Å². The van der Waals surface area contributed by atoms with Crippen LogP contribution in [0, 0.1) is 0 Å². The van der Waals surface area contributed by atoms with Crippen LogP contribution < -0.4 is 5.73 Å². The summed E-state index contributed by atoms with van der Waals surface area (Å²) in [6.45, 7) is 0.